The van der Waals surface area contributed by atoms with Crippen LogP contribution in [0.5, 0.6) is 0 Å². The monoisotopic (exact) mass is 169 g/mol. The molecule has 0 heterocycles. The van der Waals surface area contributed by atoms with Gasteiger partial charge in [-0.1, -0.05) is 27.2 Å². The van der Waals surface area contributed by atoms with Crippen molar-refractivity contribution in [3.05, 3.63) is 0 Å². The van der Waals surface area contributed by atoms with Crippen molar-refractivity contribution in [3.8, 4) is 0 Å². The van der Waals surface area contributed by atoms with E-state index in [1.54, 1.807) is 0 Å². The molecule has 12 heavy (non-hydrogen) atoms. The minimum absolute atomic E-state index is 0.509. The quantitative estimate of drug-likeness (QED) is 0.636. The first kappa shape index (κ1) is 10.0. The summed E-state index contributed by atoms with van der Waals surface area (Å²) in [6.07, 6.45) is 5.60. The Labute approximate surface area is 76.9 Å². The van der Waals surface area contributed by atoms with E-state index in [0.717, 1.165) is 12.0 Å². The first-order valence-electron chi connectivity index (χ1n) is 5.21. The van der Waals surface area contributed by atoms with E-state index in [1.165, 1.54) is 25.7 Å². The maximum Gasteiger partial charge on any atom is 0.00669 e. The van der Waals surface area contributed by atoms with Crippen LogP contribution in [0.3, 0.4) is 0 Å². The van der Waals surface area contributed by atoms with Crippen molar-refractivity contribution in [3.63, 3.8) is 0 Å². The predicted molar refractivity (Wildman–Crippen MR) is 54.3 cm³/mol. The fourth-order valence-electron chi connectivity index (χ4n) is 2.24. The summed E-state index contributed by atoms with van der Waals surface area (Å²) >= 11 is 0. The van der Waals surface area contributed by atoms with Gasteiger partial charge in [-0.15, -0.1) is 0 Å². The fourth-order valence-corrected chi connectivity index (χ4v) is 2.24. The Morgan fingerprint density at radius 1 is 1.17 bits per heavy atom. The van der Waals surface area contributed by atoms with Crippen molar-refractivity contribution in [2.75, 3.05) is 7.05 Å². The summed E-state index contributed by atoms with van der Waals surface area (Å²) < 4.78 is 0. The highest BCUT2D eigenvalue weighted by molar-refractivity contribution is 4.83. The van der Waals surface area contributed by atoms with Crippen LogP contribution in [0.15, 0.2) is 0 Å². The molecule has 1 heteroatoms. The van der Waals surface area contributed by atoms with Crippen LogP contribution in [0.2, 0.25) is 0 Å². The lowest BCUT2D eigenvalue weighted by Crippen LogP contribution is -2.35. The van der Waals surface area contributed by atoms with Crippen LogP contribution in [-0.4, -0.2) is 13.1 Å². The van der Waals surface area contributed by atoms with Crippen molar-refractivity contribution in [1.82, 2.24) is 5.32 Å². The molecule has 0 spiro atoms. The van der Waals surface area contributed by atoms with Gasteiger partial charge in [0, 0.05) is 6.04 Å². The van der Waals surface area contributed by atoms with Crippen LogP contribution in [-0.2, 0) is 0 Å². The molecule has 0 aliphatic heterocycles. The van der Waals surface area contributed by atoms with Gasteiger partial charge in [0.2, 0.25) is 0 Å². The summed E-state index contributed by atoms with van der Waals surface area (Å²) in [5, 5.41) is 3.41. The molecule has 0 saturated heterocycles. The second-order valence-electron chi connectivity index (χ2n) is 5.22. The predicted octanol–water partition coefficient (Wildman–Crippen LogP) is 2.81. The van der Waals surface area contributed by atoms with Crippen LogP contribution in [0.4, 0.5) is 0 Å². The van der Waals surface area contributed by atoms with Gasteiger partial charge in [0.1, 0.15) is 0 Å². The Morgan fingerprint density at radius 2 is 1.83 bits per heavy atom. The molecule has 0 amide bonds. The van der Waals surface area contributed by atoms with E-state index in [-0.39, 0.29) is 0 Å². The second-order valence-corrected chi connectivity index (χ2v) is 5.22. The van der Waals surface area contributed by atoms with Crippen LogP contribution in [0, 0.1) is 11.3 Å². The number of nitrogens with one attached hydrogen (secondary N) is 1. The van der Waals surface area contributed by atoms with Crippen molar-refractivity contribution in [1.29, 1.82) is 0 Å². The summed E-state index contributed by atoms with van der Waals surface area (Å²) in [5.41, 5.74) is 0.509. The minimum Gasteiger partial charge on any atom is -0.317 e. The minimum atomic E-state index is 0.509. The Bertz CT molecular complexity index is 134. The van der Waals surface area contributed by atoms with E-state index in [9.17, 15) is 0 Å². The molecular weight excluding hydrogens is 146 g/mol. The molecule has 72 valence electrons. The van der Waals surface area contributed by atoms with Crippen molar-refractivity contribution in [2.24, 2.45) is 11.3 Å². The van der Waals surface area contributed by atoms with Gasteiger partial charge in [-0.25, -0.2) is 0 Å². The van der Waals surface area contributed by atoms with Gasteiger partial charge in [0.15, 0.2) is 0 Å². The van der Waals surface area contributed by atoms with Gasteiger partial charge < -0.3 is 5.32 Å². The van der Waals surface area contributed by atoms with Crippen molar-refractivity contribution < 1.29 is 0 Å². The number of hydrogen-bond acceptors (Lipinski definition) is 1. The molecule has 2 atom stereocenters. The summed E-state index contributed by atoms with van der Waals surface area (Å²) in [4.78, 5) is 0. The molecule has 1 rings (SSSR count). The Morgan fingerprint density at radius 3 is 2.33 bits per heavy atom. The molecule has 0 aromatic rings. The Balaban J connectivity index is 2.46. The summed E-state index contributed by atoms with van der Waals surface area (Å²) in [6.45, 7) is 7.11. The van der Waals surface area contributed by atoms with E-state index in [2.05, 4.69) is 33.1 Å². The summed E-state index contributed by atoms with van der Waals surface area (Å²) in [6, 6.07) is 0.781. The van der Waals surface area contributed by atoms with Gasteiger partial charge >= 0.3 is 0 Å². The van der Waals surface area contributed by atoms with Gasteiger partial charge in [0.05, 0.1) is 0 Å². The highest BCUT2D eigenvalue weighted by Gasteiger charge is 2.29. The van der Waals surface area contributed by atoms with Gasteiger partial charge in [-0.05, 0) is 37.6 Å². The van der Waals surface area contributed by atoms with Crippen LogP contribution in [0.1, 0.15) is 46.5 Å². The molecule has 1 N–H and O–H groups in total. The first-order valence-corrected chi connectivity index (χ1v) is 5.21. The second kappa shape index (κ2) is 3.78. The van der Waals surface area contributed by atoms with E-state index < -0.39 is 0 Å². The van der Waals surface area contributed by atoms with Gasteiger partial charge in [-0.3, -0.25) is 0 Å². The highest BCUT2D eigenvalue weighted by atomic mass is 14.9. The average Bonchev–Trinajstić information content (AvgIpc) is 2.03. The van der Waals surface area contributed by atoms with E-state index in [1.807, 2.05) is 0 Å². The first-order chi connectivity index (χ1) is 5.54. The fraction of sp³-hybridized carbons (Fsp3) is 1.00. The van der Waals surface area contributed by atoms with Crippen LogP contribution < -0.4 is 5.32 Å². The zero-order valence-corrected chi connectivity index (χ0v) is 8.98. The summed E-state index contributed by atoms with van der Waals surface area (Å²) in [5.74, 6) is 0.920. The van der Waals surface area contributed by atoms with E-state index >= 15 is 0 Å². The number of hydrogen-bond donors (Lipinski definition) is 1. The molecule has 2 unspecified atom stereocenters. The molecule has 0 aromatic carbocycles. The lowest BCUT2D eigenvalue weighted by molar-refractivity contribution is 0.157. The normalized spacial score (nSPS) is 32.0. The van der Waals surface area contributed by atoms with Crippen LogP contribution >= 0.6 is 0 Å². The molecule has 0 bridgehead atoms. The Hall–Kier alpha value is -0.0400. The van der Waals surface area contributed by atoms with Gasteiger partial charge in [0.25, 0.3) is 0 Å². The SMILES string of the molecule is CNC1CCCC(C(C)(C)C)C1. The zero-order valence-electron chi connectivity index (χ0n) is 8.98. The smallest absolute Gasteiger partial charge is 0.00669 e. The maximum absolute atomic E-state index is 3.41. The number of rotatable bonds is 1. The standard InChI is InChI=1S/C11H23N/c1-11(2,3)9-6-5-7-10(8-9)12-4/h9-10,12H,5-8H2,1-4H3. The lowest BCUT2D eigenvalue weighted by atomic mass is 9.71. The Kier molecular flexibility index (Phi) is 3.16. The van der Waals surface area contributed by atoms with Crippen molar-refractivity contribution >= 4 is 0 Å². The molecule has 1 nitrogen and oxygen atoms in total. The molecule has 0 radical (unpaired) electrons. The lowest BCUT2D eigenvalue weighted by Gasteiger charge is -2.37. The molecular formula is C11H23N. The maximum atomic E-state index is 3.41. The third-order valence-electron chi connectivity index (χ3n) is 3.31. The molecule has 1 fully saturated rings. The third-order valence-corrected chi connectivity index (χ3v) is 3.31. The third kappa shape index (κ3) is 2.48. The van der Waals surface area contributed by atoms with E-state index in [4.69, 9.17) is 0 Å². The molecule has 1 saturated carbocycles. The zero-order chi connectivity index (χ0) is 9.19. The molecule has 0 aromatic heterocycles. The van der Waals surface area contributed by atoms with E-state index in [0.29, 0.717) is 5.41 Å². The average molecular weight is 169 g/mol. The van der Waals surface area contributed by atoms with Crippen LogP contribution in [0.25, 0.3) is 0 Å². The largest absolute Gasteiger partial charge is 0.317 e. The van der Waals surface area contributed by atoms with Gasteiger partial charge in [-0.2, -0.15) is 0 Å². The molecule has 1 aliphatic carbocycles. The summed E-state index contributed by atoms with van der Waals surface area (Å²) in [7, 11) is 2.09. The highest BCUT2D eigenvalue weighted by Crippen LogP contribution is 2.37. The molecule has 1 aliphatic rings. The topological polar surface area (TPSA) is 12.0 Å². The van der Waals surface area contributed by atoms with Crippen molar-refractivity contribution in [2.45, 2.75) is 52.5 Å².